The smallest absolute Gasteiger partial charge is 0.251 e. The van der Waals surface area contributed by atoms with Crippen molar-refractivity contribution >= 4 is 22.6 Å². The molecule has 0 aliphatic carbocycles. The van der Waals surface area contributed by atoms with Crippen molar-refractivity contribution in [3.05, 3.63) is 90.3 Å². The number of carbonyl (C=O) groups excluding carboxylic acids is 1. The number of allylic oxidation sites excluding steroid dienone is 1. The lowest BCUT2D eigenvalue weighted by molar-refractivity contribution is 0.0964. The summed E-state index contributed by atoms with van der Waals surface area (Å²) in [5.74, 6) is 1.44. The first-order chi connectivity index (χ1) is 19.4. The molecule has 1 aliphatic heterocycles. The molecule has 1 aliphatic rings. The van der Waals surface area contributed by atoms with E-state index in [-0.39, 0.29) is 11.8 Å². The van der Waals surface area contributed by atoms with Gasteiger partial charge < -0.3 is 15.5 Å². The van der Waals surface area contributed by atoms with E-state index < -0.39 is 0 Å². The molecule has 1 amide bonds. The molecular weight excluding hydrogens is 498 g/mol. The fourth-order valence-corrected chi connectivity index (χ4v) is 5.42. The first-order valence-electron chi connectivity index (χ1n) is 13.9. The van der Waals surface area contributed by atoms with Gasteiger partial charge in [-0.05, 0) is 55.9 Å². The number of hydrogen-bond acceptors (Lipinski definition) is 7. The van der Waals surface area contributed by atoms with Crippen LogP contribution in [0.2, 0.25) is 0 Å². The van der Waals surface area contributed by atoms with Gasteiger partial charge in [0.2, 0.25) is 0 Å². The van der Waals surface area contributed by atoms with Crippen molar-refractivity contribution in [1.82, 2.24) is 30.2 Å². The molecule has 4 aromatic rings. The number of nitrogens with zero attached hydrogens (tertiary/aromatic N) is 5. The van der Waals surface area contributed by atoms with E-state index in [1.54, 1.807) is 25.6 Å². The van der Waals surface area contributed by atoms with Crippen LogP contribution in [0.1, 0.15) is 54.2 Å². The summed E-state index contributed by atoms with van der Waals surface area (Å²) in [6, 6.07) is 13.9. The quantitative estimate of drug-likeness (QED) is 0.294. The SMILES string of the molecule is C=C(C)N1CCC(Cc2ccc(-c3cc(NC[C@@H](C)c4cccc5c(C(=O)NC)ccnc45)ncn3)cn2)CC1. The second-order valence-corrected chi connectivity index (χ2v) is 10.7. The number of benzene rings is 1. The highest BCUT2D eigenvalue weighted by Crippen LogP contribution is 2.27. The summed E-state index contributed by atoms with van der Waals surface area (Å²) in [5.41, 5.74) is 6.64. The van der Waals surface area contributed by atoms with Crippen LogP contribution < -0.4 is 10.6 Å². The molecule has 0 saturated carbocycles. The minimum atomic E-state index is -0.115. The fourth-order valence-electron chi connectivity index (χ4n) is 5.42. The number of hydrogen-bond donors (Lipinski definition) is 2. The number of likely N-dealkylation sites (tertiary alicyclic amines) is 1. The highest BCUT2D eigenvalue weighted by molar-refractivity contribution is 6.06. The third-order valence-corrected chi connectivity index (χ3v) is 7.83. The molecule has 1 atom stereocenters. The van der Waals surface area contributed by atoms with Gasteiger partial charge in [0, 0.05) is 73.4 Å². The van der Waals surface area contributed by atoms with Crippen molar-refractivity contribution in [3.8, 4) is 11.3 Å². The topological polar surface area (TPSA) is 95.9 Å². The lowest BCUT2D eigenvalue weighted by Gasteiger charge is -2.33. The number of fused-ring (bicyclic) bond motifs is 1. The summed E-state index contributed by atoms with van der Waals surface area (Å²) < 4.78 is 0. The summed E-state index contributed by atoms with van der Waals surface area (Å²) in [7, 11) is 1.64. The highest BCUT2D eigenvalue weighted by Gasteiger charge is 2.20. The summed E-state index contributed by atoms with van der Waals surface area (Å²) in [6.45, 7) is 11.1. The van der Waals surface area contributed by atoms with Crippen molar-refractivity contribution in [2.45, 2.75) is 39.0 Å². The molecule has 1 fully saturated rings. The van der Waals surface area contributed by atoms with Crippen LogP contribution in [-0.2, 0) is 6.42 Å². The number of amides is 1. The van der Waals surface area contributed by atoms with E-state index in [9.17, 15) is 4.79 Å². The first-order valence-corrected chi connectivity index (χ1v) is 13.9. The van der Waals surface area contributed by atoms with Gasteiger partial charge in [0.25, 0.3) is 5.91 Å². The zero-order chi connectivity index (χ0) is 28.1. The molecule has 0 bridgehead atoms. The van der Waals surface area contributed by atoms with E-state index in [0.717, 1.165) is 64.4 Å². The van der Waals surface area contributed by atoms with Gasteiger partial charge in [-0.25, -0.2) is 9.97 Å². The molecule has 206 valence electrons. The second-order valence-electron chi connectivity index (χ2n) is 10.7. The van der Waals surface area contributed by atoms with Gasteiger partial charge in [-0.1, -0.05) is 31.7 Å². The lowest BCUT2D eigenvalue weighted by atomic mass is 9.91. The Labute approximate surface area is 236 Å². The van der Waals surface area contributed by atoms with E-state index in [4.69, 9.17) is 4.98 Å². The summed E-state index contributed by atoms with van der Waals surface area (Å²) >= 11 is 0. The molecule has 2 N–H and O–H groups in total. The number of carbonyl (C=O) groups is 1. The standard InChI is InChI=1S/C32H37N7O/c1-21(2)39-14-11-23(12-15-39)16-25-9-8-24(19-35-25)29-17-30(38-20-37-29)36-18-22(3)26-6-5-7-27-28(32(40)33-4)10-13-34-31(26)27/h5-10,13,17,19-20,22-23H,1,11-12,14-16,18H2,2-4H3,(H,33,40)(H,36,37,38)/t22-/m1/s1. The van der Waals surface area contributed by atoms with E-state index in [0.29, 0.717) is 18.0 Å². The van der Waals surface area contributed by atoms with Crippen molar-refractivity contribution in [1.29, 1.82) is 0 Å². The minimum absolute atomic E-state index is 0.115. The van der Waals surface area contributed by atoms with Crippen LogP contribution in [0.3, 0.4) is 0 Å². The van der Waals surface area contributed by atoms with E-state index in [1.807, 2.05) is 24.4 Å². The van der Waals surface area contributed by atoms with Gasteiger partial charge in [0.05, 0.1) is 16.8 Å². The Morgan fingerprint density at radius 3 is 2.65 bits per heavy atom. The average Bonchev–Trinajstić information content (AvgIpc) is 2.99. The highest BCUT2D eigenvalue weighted by atomic mass is 16.1. The first kappa shape index (κ1) is 27.2. The second kappa shape index (κ2) is 12.2. The van der Waals surface area contributed by atoms with Gasteiger partial charge in [-0.2, -0.15) is 0 Å². The molecule has 8 nitrogen and oxygen atoms in total. The monoisotopic (exact) mass is 535 g/mol. The van der Waals surface area contributed by atoms with E-state index >= 15 is 0 Å². The number of piperidine rings is 1. The van der Waals surface area contributed by atoms with Gasteiger partial charge in [-0.3, -0.25) is 14.8 Å². The van der Waals surface area contributed by atoms with Crippen LogP contribution in [0, 0.1) is 5.92 Å². The van der Waals surface area contributed by atoms with E-state index in [1.165, 1.54) is 12.8 Å². The van der Waals surface area contributed by atoms with E-state index in [2.05, 4.69) is 69.1 Å². The predicted octanol–water partition coefficient (Wildman–Crippen LogP) is 5.45. The van der Waals surface area contributed by atoms with Crippen molar-refractivity contribution in [3.63, 3.8) is 0 Å². The number of nitrogens with one attached hydrogen (secondary N) is 2. The fraction of sp³-hybridized carbons (Fsp3) is 0.344. The Bertz CT molecular complexity index is 1490. The maximum atomic E-state index is 12.3. The minimum Gasteiger partial charge on any atom is -0.376 e. The maximum Gasteiger partial charge on any atom is 0.251 e. The van der Waals surface area contributed by atoms with Crippen LogP contribution >= 0.6 is 0 Å². The van der Waals surface area contributed by atoms with Crippen molar-refractivity contribution in [2.24, 2.45) is 5.92 Å². The molecule has 1 aromatic carbocycles. The molecule has 0 spiro atoms. The molecule has 0 unspecified atom stereocenters. The van der Waals surface area contributed by atoms with Gasteiger partial charge in [-0.15, -0.1) is 0 Å². The average molecular weight is 536 g/mol. The molecule has 40 heavy (non-hydrogen) atoms. The third kappa shape index (κ3) is 6.11. The summed E-state index contributed by atoms with van der Waals surface area (Å²) in [4.78, 5) is 33.0. The van der Waals surface area contributed by atoms with Crippen LogP contribution in [0.5, 0.6) is 0 Å². The zero-order valence-corrected chi connectivity index (χ0v) is 23.5. The Morgan fingerprint density at radius 2 is 1.93 bits per heavy atom. The van der Waals surface area contributed by atoms with Crippen LogP contribution in [0.15, 0.2) is 73.5 Å². The van der Waals surface area contributed by atoms with Gasteiger partial charge in [0.15, 0.2) is 0 Å². The number of pyridine rings is 2. The largest absolute Gasteiger partial charge is 0.376 e. The van der Waals surface area contributed by atoms with Crippen molar-refractivity contribution < 1.29 is 4.79 Å². The lowest BCUT2D eigenvalue weighted by Crippen LogP contribution is -2.32. The zero-order valence-electron chi connectivity index (χ0n) is 23.5. The van der Waals surface area contributed by atoms with Crippen LogP contribution in [0.4, 0.5) is 5.82 Å². The Hall–Kier alpha value is -4.33. The Kier molecular flexibility index (Phi) is 8.34. The molecule has 8 heteroatoms. The maximum absolute atomic E-state index is 12.3. The van der Waals surface area contributed by atoms with Gasteiger partial charge in [0.1, 0.15) is 12.1 Å². The van der Waals surface area contributed by atoms with Crippen LogP contribution in [-0.4, -0.2) is 57.4 Å². The molecule has 5 rings (SSSR count). The molecule has 0 radical (unpaired) electrons. The number of rotatable bonds is 9. The Balaban J connectivity index is 1.23. The third-order valence-electron chi connectivity index (χ3n) is 7.83. The number of anilines is 1. The molecule has 3 aromatic heterocycles. The summed E-state index contributed by atoms with van der Waals surface area (Å²) in [5, 5.41) is 7.02. The molecule has 1 saturated heterocycles. The molecular formula is C32H37N7O. The Morgan fingerprint density at radius 1 is 1.10 bits per heavy atom. The number of para-hydroxylation sites is 1. The van der Waals surface area contributed by atoms with Crippen molar-refractivity contribution in [2.75, 3.05) is 32.0 Å². The summed E-state index contributed by atoms with van der Waals surface area (Å²) in [6.07, 6.45) is 8.56. The number of aromatic nitrogens is 4. The van der Waals surface area contributed by atoms with Crippen LogP contribution in [0.25, 0.3) is 22.2 Å². The molecule has 4 heterocycles. The van der Waals surface area contributed by atoms with Gasteiger partial charge >= 0.3 is 0 Å². The predicted molar refractivity (Wildman–Crippen MR) is 160 cm³/mol. The normalized spacial score (nSPS) is 14.6.